The van der Waals surface area contributed by atoms with Crippen molar-refractivity contribution < 1.29 is 22.7 Å². The number of sulfonamides is 1. The molecule has 0 saturated carbocycles. The number of amides is 1. The van der Waals surface area contributed by atoms with Crippen molar-refractivity contribution in [2.45, 2.75) is 4.90 Å². The van der Waals surface area contributed by atoms with E-state index in [2.05, 4.69) is 4.74 Å². The van der Waals surface area contributed by atoms with Gasteiger partial charge in [0.25, 0.3) is 5.91 Å². The van der Waals surface area contributed by atoms with Crippen LogP contribution in [-0.4, -0.2) is 62.8 Å². The van der Waals surface area contributed by atoms with Crippen molar-refractivity contribution in [3.8, 4) is 0 Å². The summed E-state index contributed by atoms with van der Waals surface area (Å²) in [6.07, 6.45) is 0. The van der Waals surface area contributed by atoms with Gasteiger partial charge in [-0.15, -0.1) is 0 Å². The number of hydrogen-bond donors (Lipinski definition) is 0. The van der Waals surface area contributed by atoms with Gasteiger partial charge in [-0.1, -0.05) is 24.3 Å². The van der Waals surface area contributed by atoms with E-state index < -0.39 is 16.0 Å². The molecule has 2 aromatic rings. The molecule has 142 valence electrons. The minimum absolute atomic E-state index is 0.222. The van der Waals surface area contributed by atoms with Crippen LogP contribution in [0.4, 0.5) is 0 Å². The van der Waals surface area contributed by atoms with Gasteiger partial charge in [0.15, 0.2) is 0 Å². The quantitative estimate of drug-likeness (QED) is 0.743. The summed E-state index contributed by atoms with van der Waals surface area (Å²) in [5.41, 5.74) is 0.672. The van der Waals surface area contributed by atoms with E-state index >= 15 is 0 Å². The van der Waals surface area contributed by atoms with Crippen LogP contribution in [0.3, 0.4) is 0 Å². The summed E-state index contributed by atoms with van der Waals surface area (Å²) in [5, 5.41) is 0. The van der Waals surface area contributed by atoms with Gasteiger partial charge in [0.1, 0.15) is 0 Å². The van der Waals surface area contributed by atoms with Crippen LogP contribution in [0, 0.1) is 0 Å². The maximum atomic E-state index is 12.7. The molecule has 1 aliphatic rings. The van der Waals surface area contributed by atoms with Gasteiger partial charge in [0.05, 0.1) is 17.6 Å². The monoisotopic (exact) mass is 388 g/mol. The van der Waals surface area contributed by atoms with Gasteiger partial charge in [-0.2, -0.15) is 4.31 Å². The Kier molecular flexibility index (Phi) is 5.57. The lowest BCUT2D eigenvalue weighted by molar-refractivity contribution is 0.0600. The van der Waals surface area contributed by atoms with Crippen molar-refractivity contribution in [2.24, 2.45) is 0 Å². The molecule has 2 aromatic carbocycles. The fraction of sp³-hybridized carbons (Fsp3) is 0.263. The number of nitrogens with zero attached hydrogens (tertiary/aromatic N) is 2. The number of esters is 1. The summed E-state index contributed by atoms with van der Waals surface area (Å²) in [7, 11) is -2.28. The molecule has 0 N–H and O–H groups in total. The lowest BCUT2D eigenvalue weighted by Gasteiger charge is -2.34. The Balaban J connectivity index is 1.69. The van der Waals surface area contributed by atoms with E-state index in [1.165, 1.54) is 17.5 Å². The smallest absolute Gasteiger partial charge is 0.337 e. The molecule has 1 aliphatic heterocycles. The average Bonchev–Trinajstić information content (AvgIpc) is 2.73. The first-order chi connectivity index (χ1) is 12.9. The topological polar surface area (TPSA) is 84.0 Å². The highest BCUT2D eigenvalue weighted by Crippen LogP contribution is 2.18. The molecular formula is C19H20N2O5S. The predicted molar refractivity (Wildman–Crippen MR) is 98.9 cm³/mol. The average molecular weight is 388 g/mol. The zero-order valence-electron chi connectivity index (χ0n) is 14.9. The zero-order valence-corrected chi connectivity index (χ0v) is 15.7. The maximum Gasteiger partial charge on any atom is 0.337 e. The van der Waals surface area contributed by atoms with Gasteiger partial charge in [0.2, 0.25) is 10.0 Å². The Hall–Kier alpha value is -2.71. The molecular weight excluding hydrogens is 368 g/mol. The van der Waals surface area contributed by atoms with Crippen LogP contribution >= 0.6 is 0 Å². The lowest BCUT2D eigenvalue weighted by Crippen LogP contribution is -2.50. The second kappa shape index (κ2) is 7.89. The number of hydrogen-bond acceptors (Lipinski definition) is 5. The molecule has 3 rings (SSSR count). The number of carbonyl (C=O) groups is 2. The standard InChI is InChI=1S/C19H20N2O5S/c1-26-19(23)16-7-5-6-15(14-16)18(22)20-10-12-21(13-11-20)27(24,25)17-8-3-2-4-9-17/h2-9,14H,10-13H2,1H3. The first kappa shape index (κ1) is 19.1. The number of methoxy groups -OCH3 is 1. The van der Waals surface area contributed by atoms with Crippen LogP contribution in [0.25, 0.3) is 0 Å². The zero-order chi connectivity index (χ0) is 19.4. The van der Waals surface area contributed by atoms with Gasteiger partial charge in [-0.3, -0.25) is 4.79 Å². The summed E-state index contributed by atoms with van der Waals surface area (Å²) in [6, 6.07) is 14.6. The Morgan fingerprint density at radius 3 is 2.15 bits per heavy atom. The fourth-order valence-corrected chi connectivity index (χ4v) is 4.40. The number of ether oxygens (including phenoxy) is 1. The van der Waals surface area contributed by atoms with Crippen molar-refractivity contribution in [3.63, 3.8) is 0 Å². The number of rotatable bonds is 4. The molecule has 0 aromatic heterocycles. The van der Waals surface area contributed by atoms with Crippen molar-refractivity contribution in [1.29, 1.82) is 0 Å². The SMILES string of the molecule is COC(=O)c1cccc(C(=O)N2CCN(S(=O)(=O)c3ccccc3)CC2)c1. The van der Waals surface area contributed by atoms with Crippen LogP contribution in [0.15, 0.2) is 59.5 Å². The third-order valence-electron chi connectivity index (χ3n) is 4.44. The predicted octanol–water partition coefficient (Wildman–Crippen LogP) is 1.62. The summed E-state index contributed by atoms with van der Waals surface area (Å²) in [6.45, 7) is 1.01. The molecule has 1 saturated heterocycles. The van der Waals surface area contributed by atoms with E-state index in [1.54, 1.807) is 53.4 Å². The van der Waals surface area contributed by atoms with E-state index in [9.17, 15) is 18.0 Å². The molecule has 0 aliphatic carbocycles. The third-order valence-corrected chi connectivity index (χ3v) is 6.35. The molecule has 1 amide bonds. The summed E-state index contributed by atoms with van der Waals surface area (Å²) < 4.78 is 31.4. The first-order valence-corrected chi connectivity index (χ1v) is 9.90. The Morgan fingerprint density at radius 2 is 1.52 bits per heavy atom. The van der Waals surface area contributed by atoms with Gasteiger partial charge >= 0.3 is 5.97 Å². The van der Waals surface area contributed by atoms with Crippen molar-refractivity contribution in [1.82, 2.24) is 9.21 Å². The summed E-state index contributed by atoms with van der Waals surface area (Å²) >= 11 is 0. The van der Waals surface area contributed by atoms with Crippen LogP contribution in [0.2, 0.25) is 0 Å². The Morgan fingerprint density at radius 1 is 0.889 bits per heavy atom. The first-order valence-electron chi connectivity index (χ1n) is 8.46. The van der Waals surface area contributed by atoms with Gasteiger partial charge in [-0.05, 0) is 30.3 Å². The Bertz CT molecular complexity index is 936. The van der Waals surface area contributed by atoms with E-state index in [0.717, 1.165) is 0 Å². The van der Waals surface area contributed by atoms with E-state index in [0.29, 0.717) is 11.1 Å². The highest BCUT2D eigenvalue weighted by atomic mass is 32.2. The van der Waals surface area contributed by atoms with Gasteiger partial charge in [-0.25, -0.2) is 13.2 Å². The fourth-order valence-electron chi connectivity index (χ4n) is 2.95. The van der Waals surface area contributed by atoms with Crippen molar-refractivity contribution in [3.05, 3.63) is 65.7 Å². The van der Waals surface area contributed by atoms with E-state index in [1.807, 2.05) is 0 Å². The highest BCUT2D eigenvalue weighted by Gasteiger charge is 2.30. The van der Waals surface area contributed by atoms with Crippen LogP contribution in [0.5, 0.6) is 0 Å². The largest absolute Gasteiger partial charge is 0.465 e. The Labute approximate surface area is 158 Å². The summed E-state index contributed by atoms with van der Waals surface area (Å²) in [5.74, 6) is -0.749. The second-order valence-corrected chi connectivity index (χ2v) is 8.02. The molecule has 27 heavy (non-hydrogen) atoms. The van der Waals surface area contributed by atoms with Crippen molar-refractivity contribution >= 4 is 21.9 Å². The van der Waals surface area contributed by atoms with Gasteiger partial charge in [0, 0.05) is 31.7 Å². The molecule has 0 bridgehead atoms. The van der Waals surface area contributed by atoms with Crippen molar-refractivity contribution in [2.75, 3.05) is 33.3 Å². The molecule has 0 atom stereocenters. The third kappa shape index (κ3) is 4.01. The molecule has 7 nitrogen and oxygen atoms in total. The second-order valence-electron chi connectivity index (χ2n) is 6.08. The number of carbonyl (C=O) groups excluding carboxylic acids is 2. The van der Waals surface area contributed by atoms with E-state index in [4.69, 9.17) is 0 Å². The normalized spacial score (nSPS) is 15.4. The van der Waals surface area contributed by atoms with E-state index in [-0.39, 0.29) is 37.0 Å². The number of piperazine rings is 1. The number of benzene rings is 2. The molecule has 1 heterocycles. The molecule has 8 heteroatoms. The van der Waals surface area contributed by atoms with Crippen LogP contribution < -0.4 is 0 Å². The lowest BCUT2D eigenvalue weighted by atomic mass is 10.1. The molecule has 0 radical (unpaired) electrons. The van der Waals surface area contributed by atoms with Gasteiger partial charge < -0.3 is 9.64 Å². The van der Waals surface area contributed by atoms with Crippen LogP contribution in [0.1, 0.15) is 20.7 Å². The van der Waals surface area contributed by atoms with Crippen LogP contribution in [-0.2, 0) is 14.8 Å². The molecule has 1 fully saturated rings. The minimum Gasteiger partial charge on any atom is -0.465 e. The summed E-state index contributed by atoms with van der Waals surface area (Å²) in [4.78, 5) is 26.2. The maximum absolute atomic E-state index is 12.7. The minimum atomic E-state index is -3.56. The molecule has 0 unspecified atom stereocenters. The highest BCUT2D eigenvalue weighted by molar-refractivity contribution is 7.89. The molecule has 0 spiro atoms.